The summed E-state index contributed by atoms with van der Waals surface area (Å²) < 4.78 is 0. The van der Waals surface area contributed by atoms with E-state index in [1.165, 1.54) is 6.42 Å². The second-order valence-electron chi connectivity index (χ2n) is 6.47. The van der Waals surface area contributed by atoms with Gasteiger partial charge in [0.2, 0.25) is 11.8 Å². The van der Waals surface area contributed by atoms with Crippen LogP contribution in [0, 0.1) is 11.8 Å². The lowest BCUT2D eigenvalue weighted by Gasteiger charge is -2.17. The largest absolute Gasteiger partial charge is 0.356 e. The fraction of sp³-hybridized carbons (Fsp3) is 0.529. The molecule has 25 heavy (non-hydrogen) atoms. The molecule has 2 N–H and O–H groups in total. The first-order valence-electron chi connectivity index (χ1n) is 8.28. The average molecular weight is 407 g/mol. The van der Waals surface area contributed by atoms with E-state index < -0.39 is 0 Å². The summed E-state index contributed by atoms with van der Waals surface area (Å²) in [6.07, 6.45) is 2.37. The van der Waals surface area contributed by atoms with Gasteiger partial charge in [-0.2, -0.15) is 0 Å². The number of nitrogens with zero attached hydrogens (tertiary/aromatic N) is 1. The molecule has 138 valence electrons. The predicted molar refractivity (Wildman–Crippen MR) is 103 cm³/mol. The van der Waals surface area contributed by atoms with E-state index in [9.17, 15) is 9.59 Å². The fourth-order valence-electron chi connectivity index (χ4n) is 3.33. The van der Waals surface area contributed by atoms with Crippen LogP contribution in [-0.4, -0.2) is 38.0 Å². The Balaban J connectivity index is 0.00000225. The standard InChI is InChI=1S/C17H21Cl2N3O2.ClH/c18-13-6-14(19)8-15(7-13)22-10-12(5-16(22)23)17(24)21-4-2-11-1-3-20-9-11;/h6-8,11-12,20H,1-5,9-10H2,(H,21,24);1H. The lowest BCUT2D eigenvalue weighted by atomic mass is 10.0. The molecule has 2 unspecified atom stereocenters. The minimum Gasteiger partial charge on any atom is -0.356 e. The Hall–Kier alpha value is -1.01. The fourth-order valence-corrected chi connectivity index (χ4v) is 3.85. The first kappa shape index (κ1) is 20.3. The van der Waals surface area contributed by atoms with Gasteiger partial charge in [0.25, 0.3) is 0 Å². The molecule has 8 heteroatoms. The highest BCUT2D eigenvalue weighted by Gasteiger charge is 2.35. The molecular formula is C17H22Cl3N3O2. The quantitative estimate of drug-likeness (QED) is 0.790. The maximum Gasteiger partial charge on any atom is 0.227 e. The van der Waals surface area contributed by atoms with Crippen molar-refractivity contribution in [2.75, 3.05) is 31.1 Å². The van der Waals surface area contributed by atoms with Gasteiger partial charge in [-0.3, -0.25) is 9.59 Å². The Labute approximate surface area is 163 Å². The van der Waals surface area contributed by atoms with E-state index in [4.69, 9.17) is 23.2 Å². The van der Waals surface area contributed by atoms with E-state index in [1.54, 1.807) is 23.1 Å². The number of rotatable bonds is 5. The number of halogens is 3. The van der Waals surface area contributed by atoms with Gasteiger partial charge < -0.3 is 15.5 Å². The van der Waals surface area contributed by atoms with Crippen LogP contribution >= 0.6 is 35.6 Å². The maximum absolute atomic E-state index is 12.3. The summed E-state index contributed by atoms with van der Waals surface area (Å²) >= 11 is 12.0. The predicted octanol–water partition coefficient (Wildman–Crippen LogP) is 2.88. The zero-order valence-corrected chi connectivity index (χ0v) is 16.1. The lowest BCUT2D eigenvalue weighted by Crippen LogP contribution is -2.34. The molecule has 0 saturated carbocycles. The van der Waals surface area contributed by atoms with Crippen LogP contribution in [0.5, 0.6) is 0 Å². The molecule has 2 aliphatic rings. The summed E-state index contributed by atoms with van der Waals surface area (Å²) in [7, 11) is 0. The van der Waals surface area contributed by atoms with Crippen molar-refractivity contribution in [1.29, 1.82) is 0 Å². The SMILES string of the molecule is Cl.O=C(NCCC1CCNC1)C1CC(=O)N(c2cc(Cl)cc(Cl)c2)C1. The van der Waals surface area contributed by atoms with Gasteiger partial charge in [0, 0.05) is 35.2 Å². The molecule has 0 aliphatic carbocycles. The van der Waals surface area contributed by atoms with Gasteiger partial charge in [-0.05, 0) is 50.0 Å². The highest BCUT2D eigenvalue weighted by atomic mass is 35.5. The lowest BCUT2D eigenvalue weighted by molar-refractivity contribution is -0.126. The monoisotopic (exact) mass is 405 g/mol. The highest BCUT2D eigenvalue weighted by molar-refractivity contribution is 6.35. The number of nitrogens with one attached hydrogen (secondary N) is 2. The molecule has 1 aromatic carbocycles. The van der Waals surface area contributed by atoms with Gasteiger partial charge in [-0.1, -0.05) is 23.2 Å². The van der Waals surface area contributed by atoms with Crippen LogP contribution in [0.3, 0.4) is 0 Å². The molecule has 2 saturated heterocycles. The molecule has 0 bridgehead atoms. The van der Waals surface area contributed by atoms with E-state index in [2.05, 4.69) is 10.6 Å². The van der Waals surface area contributed by atoms with Crippen LogP contribution in [0.15, 0.2) is 18.2 Å². The molecule has 0 aromatic heterocycles. The number of benzene rings is 1. The van der Waals surface area contributed by atoms with Gasteiger partial charge in [-0.15, -0.1) is 12.4 Å². The van der Waals surface area contributed by atoms with Crippen LogP contribution in [0.25, 0.3) is 0 Å². The third-order valence-electron chi connectivity index (χ3n) is 4.67. The normalized spacial score (nSPS) is 22.8. The Kier molecular flexibility index (Phi) is 7.37. The molecule has 0 radical (unpaired) electrons. The van der Waals surface area contributed by atoms with Crippen LogP contribution in [0.4, 0.5) is 5.69 Å². The third kappa shape index (κ3) is 5.23. The molecule has 0 spiro atoms. The van der Waals surface area contributed by atoms with Crippen molar-refractivity contribution in [3.05, 3.63) is 28.2 Å². The van der Waals surface area contributed by atoms with Crippen LogP contribution < -0.4 is 15.5 Å². The zero-order chi connectivity index (χ0) is 17.1. The van der Waals surface area contributed by atoms with Crippen LogP contribution in [-0.2, 0) is 9.59 Å². The van der Waals surface area contributed by atoms with Crippen molar-refractivity contribution in [2.45, 2.75) is 19.3 Å². The molecule has 2 atom stereocenters. The second kappa shape index (κ2) is 9.08. The van der Waals surface area contributed by atoms with Gasteiger partial charge in [0.05, 0.1) is 5.92 Å². The van der Waals surface area contributed by atoms with Gasteiger partial charge in [-0.25, -0.2) is 0 Å². The van der Waals surface area contributed by atoms with E-state index in [-0.39, 0.29) is 36.6 Å². The number of carbonyl (C=O) groups excluding carboxylic acids is 2. The number of amides is 2. The number of carbonyl (C=O) groups is 2. The van der Waals surface area contributed by atoms with Crippen molar-refractivity contribution in [1.82, 2.24) is 10.6 Å². The number of anilines is 1. The smallest absolute Gasteiger partial charge is 0.227 e. The van der Waals surface area contributed by atoms with Crippen LogP contribution in [0.1, 0.15) is 19.3 Å². The molecule has 5 nitrogen and oxygen atoms in total. The molecule has 3 rings (SSSR count). The molecule has 2 amide bonds. The first-order chi connectivity index (χ1) is 11.5. The van der Waals surface area contributed by atoms with Crippen molar-refractivity contribution in [3.8, 4) is 0 Å². The minimum atomic E-state index is -0.322. The number of hydrogen-bond donors (Lipinski definition) is 2. The summed E-state index contributed by atoms with van der Waals surface area (Å²) in [5.41, 5.74) is 0.643. The summed E-state index contributed by atoms with van der Waals surface area (Å²) in [4.78, 5) is 26.2. The van der Waals surface area contributed by atoms with Crippen molar-refractivity contribution in [2.24, 2.45) is 11.8 Å². The zero-order valence-electron chi connectivity index (χ0n) is 13.8. The van der Waals surface area contributed by atoms with Gasteiger partial charge in [0.1, 0.15) is 0 Å². The summed E-state index contributed by atoms with van der Waals surface area (Å²) in [5, 5.41) is 7.24. The number of hydrogen-bond acceptors (Lipinski definition) is 3. The average Bonchev–Trinajstić information content (AvgIpc) is 3.15. The molecule has 2 heterocycles. The van der Waals surface area contributed by atoms with Crippen LogP contribution in [0.2, 0.25) is 10.0 Å². The van der Waals surface area contributed by atoms with E-state index in [0.717, 1.165) is 19.5 Å². The third-order valence-corrected chi connectivity index (χ3v) is 5.11. The van der Waals surface area contributed by atoms with Crippen molar-refractivity contribution < 1.29 is 9.59 Å². The van der Waals surface area contributed by atoms with E-state index in [0.29, 0.717) is 34.7 Å². The minimum absolute atomic E-state index is 0. The van der Waals surface area contributed by atoms with Crippen molar-refractivity contribution in [3.63, 3.8) is 0 Å². The highest BCUT2D eigenvalue weighted by Crippen LogP contribution is 2.30. The summed E-state index contributed by atoms with van der Waals surface area (Å²) in [5.74, 6) is 0.191. The first-order valence-corrected chi connectivity index (χ1v) is 9.03. The Morgan fingerprint density at radius 3 is 2.64 bits per heavy atom. The van der Waals surface area contributed by atoms with Gasteiger partial charge >= 0.3 is 0 Å². The Morgan fingerprint density at radius 1 is 1.28 bits per heavy atom. The van der Waals surface area contributed by atoms with E-state index >= 15 is 0 Å². The molecule has 2 fully saturated rings. The topological polar surface area (TPSA) is 61.4 Å². The molecular weight excluding hydrogens is 385 g/mol. The Bertz CT molecular complexity index is 615. The Morgan fingerprint density at radius 2 is 2.00 bits per heavy atom. The summed E-state index contributed by atoms with van der Waals surface area (Å²) in [6, 6.07) is 5.01. The molecule has 1 aromatic rings. The second-order valence-corrected chi connectivity index (χ2v) is 7.34. The van der Waals surface area contributed by atoms with Gasteiger partial charge in [0.15, 0.2) is 0 Å². The maximum atomic E-state index is 12.3. The van der Waals surface area contributed by atoms with E-state index in [1.807, 2.05) is 0 Å². The summed E-state index contributed by atoms with van der Waals surface area (Å²) in [6.45, 7) is 3.12. The van der Waals surface area contributed by atoms with Crippen molar-refractivity contribution >= 4 is 53.1 Å². The molecule has 2 aliphatic heterocycles.